The highest BCUT2D eigenvalue weighted by Crippen LogP contribution is 2.22. The topological polar surface area (TPSA) is 49.4 Å². The molecule has 1 heterocycles. The summed E-state index contributed by atoms with van der Waals surface area (Å²) < 4.78 is 12.2. The summed E-state index contributed by atoms with van der Waals surface area (Å²) in [5.74, 6) is -0.478. The predicted molar refractivity (Wildman–Crippen MR) is 61.7 cm³/mol. The molecule has 2 rings (SSSR count). The average molecular weight is 236 g/mol. The van der Waals surface area contributed by atoms with Crippen LogP contribution < -0.4 is 10.2 Å². The number of alkyl halides is 1. The summed E-state index contributed by atoms with van der Waals surface area (Å²) in [4.78, 5) is 25.0. The number of benzene rings is 1. The van der Waals surface area contributed by atoms with Gasteiger partial charge in [0, 0.05) is 6.54 Å². The lowest BCUT2D eigenvalue weighted by Crippen LogP contribution is -2.37. The van der Waals surface area contributed by atoms with E-state index in [1.807, 2.05) is 0 Å². The van der Waals surface area contributed by atoms with Crippen LogP contribution in [0.25, 0.3) is 0 Å². The number of amides is 2. The van der Waals surface area contributed by atoms with Gasteiger partial charge in [-0.05, 0) is 18.6 Å². The molecule has 1 N–H and O–H groups in total. The second-order valence-corrected chi connectivity index (χ2v) is 3.79. The molecule has 1 aliphatic rings. The maximum atomic E-state index is 12.2. The van der Waals surface area contributed by atoms with Crippen LogP contribution in [0.4, 0.5) is 10.1 Å². The van der Waals surface area contributed by atoms with Gasteiger partial charge in [-0.2, -0.15) is 0 Å². The van der Waals surface area contributed by atoms with Gasteiger partial charge in [-0.3, -0.25) is 14.0 Å². The molecule has 2 amide bonds. The Bertz CT molecular complexity index is 448. The highest BCUT2D eigenvalue weighted by atomic mass is 19.1. The Balaban J connectivity index is 2.38. The molecule has 17 heavy (non-hydrogen) atoms. The maximum absolute atomic E-state index is 12.2. The van der Waals surface area contributed by atoms with Gasteiger partial charge in [0.05, 0.1) is 24.5 Å². The van der Waals surface area contributed by atoms with Gasteiger partial charge < -0.3 is 10.2 Å². The van der Waals surface area contributed by atoms with Crippen LogP contribution in [0.5, 0.6) is 0 Å². The first-order valence-electron chi connectivity index (χ1n) is 5.47. The van der Waals surface area contributed by atoms with Gasteiger partial charge in [0.15, 0.2) is 0 Å². The molecule has 0 radical (unpaired) electrons. The molecule has 0 saturated heterocycles. The molecular weight excluding hydrogens is 223 g/mol. The third-order valence-electron chi connectivity index (χ3n) is 2.66. The molecule has 0 bridgehead atoms. The van der Waals surface area contributed by atoms with E-state index in [1.165, 1.54) is 4.90 Å². The number of hydrogen-bond acceptors (Lipinski definition) is 2. The van der Waals surface area contributed by atoms with Crippen molar-refractivity contribution in [2.75, 3.05) is 24.7 Å². The standard InChI is InChI=1S/C12H13FN2O2/c13-6-3-7-15-10-5-2-1-4-9(10)12(17)14-8-11(15)16/h1-2,4-5H,3,6-8H2,(H,14,17). The Morgan fingerprint density at radius 1 is 1.29 bits per heavy atom. The van der Waals surface area contributed by atoms with Crippen LogP contribution in [0.2, 0.25) is 0 Å². The minimum absolute atomic E-state index is 0.0419. The summed E-state index contributed by atoms with van der Waals surface area (Å²) in [6.45, 7) is -0.228. The van der Waals surface area contributed by atoms with Crippen molar-refractivity contribution in [3.63, 3.8) is 0 Å². The number of rotatable bonds is 3. The molecular formula is C12H13FN2O2. The summed E-state index contributed by atoms with van der Waals surface area (Å²) >= 11 is 0. The van der Waals surface area contributed by atoms with Crippen molar-refractivity contribution in [3.05, 3.63) is 29.8 Å². The predicted octanol–water partition coefficient (Wildman–Crippen LogP) is 1.12. The molecule has 4 nitrogen and oxygen atoms in total. The Hall–Kier alpha value is -1.91. The van der Waals surface area contributed by atoms with E-state index in [4.69, 9.17) is 0 Å². The van der Waals surface area contributed by atoms with Crippen molar-refractivity contribution >= 4 is 17.5 Å². The summed E-state index contributed by atoms with van der Waals surface area (Å²) in [5.41, 5.74) is 1.01. The molecule has 0 aliphatic carbocycles. The molecule has 1 aromatic carbocycles. The number of nitrogens with zero attached hydrogens (tertiary/aromatic N) is 1. The highest BCUT2D eigenvalue weighted by Gasteiger charge is 2.25. The summed E-state index contributed by atoms with van der Waals surface area (Å²) in [6.07, 6.45) is 0.272. The van der Waals surface area contributed by atoms with E-state index in [9.17, 15) is 14.0 Å². The number of anilines is 1. The molecule has 0 unspecified atom stereocenters. The zero-order valence-electron chi connectivity index (χ0n) is 9.28. The van der Waals surface area contributed by atoms with Crippen LogP contribution in [0.15, 0.2) is 24.3 Å². The quantitative estimate of drug-likeness (QED) is 0.855. The zero-order valence-corrected chi connectivity index (χ0v) is 9.28. The number of fused-ring (bicyclic) bond motifs is 1. The first kappa shape index (κ1) is 11.6. The maximum Gasteiger partial charge on any atom is 0.253 e. The van der Waals surface area contributed by atoms with E-state index >= 15 is 0 Å². The molecule has 5 heteroatoms. The largest absolute Gasteiger partial charge is 0.343 e. The first-order valence-corrected chi connectivity index (χ1v) is 5.47. The summed E-state index contributed by atoms with van der Waals surface area (Å²) in [6, 6.07) is 6.86. The van der Waals surface area contributed by atoms with Crippen LogP contribution in [0, 0.1) is 0 Å². The highest BCUT2D eigenvalue weighted by molar-refractivity contribution is 6.09. The van der Waals surface area contributed by atoms with Crippen molar-refractivity contribution in [1.29, 1.82) is 0 Å². The molecule has 1 aromatic rings. The van der Waals surface area contributed by atoms with Crippen LogP contribution in [0.3, 0.4) is 0 Å². The lowest BCUT2D eigenvalue weighted by Gasteiger charge is -2.21. The fraction of sp³-hybridized carbons (Fsp3) is 0.333. The molecule has 90 valence electrons. The van der Waals surface area contributed by atoms with E-state index in [2.05, 4.69) is 5.32 Å². The first-order chi connectivity index (χ1) is 8.24. The lowest BCUT2D eigenvalue weighted by molar-refractivity contribution is -0.117. The lowest BCUT2D eigenvalue weighted by atomic mass is 10.1. The van der Waals surface area contributed by atoms with E-state index in [-0.39, 0.29) is 24.8 Å². The van der Waals surface area contributed by atoms with Crippen molar-refractivity contribution in [2.24, 2.45) is 0 Å². The molecule has 0 saturated carbocycles. The number of nitrogens with one attached hydrogen (secondary N) is 1. The second kappa shape index (κ2) is 4.95. The fourth-order valence-electron chi connectivity index (χ4n) is 1.84. The van der Waals surface area contributed by atoms with Gasteiger partial charge >= 0.3 is 0 Å². The number of halogens is 1. The van der Waals surface area contributed by atoms with Gasteiger partial charge in [-0.25, -0.2) is 0 Å². The summed E-state index contributed by atoms with van der Waals surface area (Å²) in [5, 5.41) is 2.53. The fourth-order valence-corrected chi connectivity index (χ4v) is 1.84. The average Bonchev–Trinajstić information content (AvgIpc) is 2.47. The van der Waals surface area contributed by atoms with E-state index in [0.717, 1.165) is 0 Å². The van der Waals surface area contributed by atoms with Crippen molar-refractivity contribution in [2.45, 2.75) is 6.42 Å². The van der Waals surface area contributed by atoms with Gasteiger partial charge in [-0.15, -0.1) is 0 Å². The Morgan fingerprint density at radius 3 is 2.82 bits per heavy atom. The third-order valence-corrected chi connectivity index (χ3v) is 2.66. The van der Waals surface area contributed by atoms with E-state index in [0.29, 0.717) is 17.8 Å². The Morgan fingerprint density at radius 2 is 2.06 bits per heavy atom. The minimum atomic E-state index is -0.479. The number of carbonyl (C=O) groups is 2. The van der Waals surface area contributed by atoms with E-state index in [1.54, 1.807) is 24.3 Å². The number of para-hydroxylation sites is 1. The van der Waals surface area contributed by atoms with Crippen LogP contribution in [0.1, 0.15) is 16.8 Å². The van der Waals surface area contributed by atoms with E-state index < -0.39 is 6.67 Å². The van der Waals surface area contributed by atoms with Crippen LogP contribution in [-0.2, 0) is 4.79 Å². The second-order valence-electron chi connectivity index (χ2n) is 3.79. The smallest absolute Gasteiger partial charge is 0.253 e. The van der Waals surface area contributed by atoms with Crippen LogP contribution >= 0.6 is 0 Å². The van der Waals surface area contributed by atoms with Gasteiger partial charge in [0.1, 0.15) is 0 Å². The Labute approximate surface area is 98.4 Å². The van der Waals surface area contributed by atoms with Crippen molar-refractivity contribution in [3.8, 4) is 0 Å². The molecule has 0 atom stereocenters. The zero-order chi connectivity index (χ0) is 12.3. The summed E-state index contributed by atoms with van der Waals surface area (Å²) in [7, 11) is 0. The molecule has 1 aliphatic heterocycles. The minimum Gasteiger partial charge on any atom is -0.343 e. The monoisotopic (exact) mass is 236 g/mol. The third kappa shape index (κ3) is 2.27. The van der Waals surface area contributed by atoms with Crippen molar-refractivity contribution in [1.82, 2.24) is 5.32 Å². The SMILES string of the molecule is O=C1NCC(=O)N(CCCF)c2ccccc21. The normalized spacial score (nSPS) is 15.2. The van der Waals surface area contributed by atoms with Crippen molar-refractivity contribution < 1.29 is 14.0 Å². The molecule has 0 aromatic heterocycles. The Kier molecular flexibility index (Phi) is 3.37. The van der Waals surface area contributed by atoms with Crippen LogP contribution in [-0.4, -0.2) is 31.6 Å². The molecule has 0 fully saturated rings. The molecule has 0 spiro atoms. The van der Waals surface area contributed by atoms with Gasteiger partial charge in [-0.1, -0.05) is 12.1 Å². The van der Waals surface area contributed by atoms with Gasteiger partial charge in [0.2, 0.25) is 5.91 Å². The number of hydrogen-bond donors (Lipinski definition) is 1. The van der Waals surface area contributed by atoms with Gasteiger partial charge in [0.25, 0.3) is 5.91 Å². The number of carbonyl (C=O) groups excluding carboxylic acids is 2.